The molecule has 1 N–H and O–H groups in total. The first kappa shape index (κ1) is 13.4. The van der Waals surface area contributed by atoms with Gasteiger partial charge in [0.15, 0.2) is 0 Å². The van der Waals surface area contributed by atoms with Crippen LogP contribution in [0.15, 0.2) is 28.9 Å². The lowest BCUT2D eigenvalue weighted by Gasteiger charge is -2.19. The second-order valence-corrected chi connectivity index (χ2v) is 6.58. The summed E-state index contributed by atoms with van der Waals surface area (Å²) in [6.45, 7) is 7.18. The van der Waals surface area contributed by atoms with Crippen LogP contribution in [0.3, 0.4) is 0 Å². The Morgan fingerprint density at radius 3 is 2.80 bits per heavy atom. The lowest BCUT2D eigenvalue weighted by molar-refractivity contribution is 0.421. The van der Waals surface area contributed by atoms with Crippen molar-refractivity contribution < 1.29 is 4.42 Å². The van der Waals surface area contributed by atoms with Crippen molar-refractivity contribution in [1.29, 1.82) is 0 Å². The summed E-state index contributed by atoms with van der Waals surface area (Å²) >= 11 is 0. The Hall–Kier alpha value is -1.61. The molecule has 0 radical (unpaired) electrons. The highest BCUT2D eigenvalue weighted by atomic mass is 16.3. The van der Waals surface area contributed by atoms with E-state index in [0.717, 1.165) is 23.7 Å². The van der Waals surface area contributed by atoms with E-state index in [1.54, 1.807) is 6.26 Å². The standard InChI is InChI=1S/C17H22N2O/c1-17(2,3)18-10-15-11-20-16(19-15)14-8-7-12-5-4-6-13(12)9-14/h7-9,11,18H,4-6,10H2,1-3H3. The van der Waals surface area contributed by atoms with Crippen LogP contribution in [-0.2, 0) is 19.4 Å². The monoisotopic (exact) mass is 270 g/mol. The summed E-state index contributed by atoms with van der Waals surface area (Å²) in [5.74, 6) is 0.727. The molecule has 1 heterocycles. The summed E-state index contributed by atoms with van der Waals surface area (Å²) in [6.07, 6.45) is 5.41. The number of nitrogens with one attached hydrogen (secondary N) is 1. The van der Waals surface area contributed by atoms with Crippen LogP contribution in [0.1, 0.15) is 44.0 Å². The molecule has 0 spiro atoms. The fourth-order valence-corrected chi connectivity index (χ4v) is 2.58. The minimum Gasteiger partial charge on any atom is -0.444 e. The lowest BCUT2D eigenvalue weighted by atomic mass is 10.1. The zero-order valence-electron chi connectivity index (χ0n) is 12.5. The maximum atomic E-state index is 5.62. The molecule has 0 aliphatic heterocycles. The van der Waals surface area contributed by atoms with Gasteiger partial charge in [0, 0.05) is 17.6 Å². The predicted octanol–water partition coefficient (Wildman–Crippen LogP) is 3.72. The summed E-state index contributed by atoms with van der Waals surface area (Å²) in [5.41, 5.74) is 5.07. The fourth-order valence-electron chi connectivity index (χ4n) is 2.58. The number of benzene rings is 1. The molecule has 0 saturated carbocycles. The number of aryl methyl sites for hydroxylation is 2. The molecule has 1 aromatic carbocycles. The van der Waals surface area contributed by atoms with E-state index in [2.05, 4.69) is 49.3 Å². The number of rotatable bonds is 3. The first-order valence-electron chi connectivity index (χ1n) is 7.33. The van der Waals surface area contributed by atoms with Crippen LogP contribution in [0, 0.1) is 0 Å². The second kappa shape index (κ2) is 5.06. The molecule has 3 nitrogen and oxygen atoms in total. The molecule has 20 heavy (non-hydrogen) atoms. The van der Waals surface area contributed by atoms with Gasteiger partial charge < -0.3 is 9.73 Å². The van der Waals surface area contributed by atoms with Crippen molar-refractivity contribution in [2.75, 3.05) is 0 Å². The van der Waals surface area contributed by atoms with Crippen molar-refractivity contribution in [1.82, 2.24) is 10.3 Å². The van der Waals surface area contributed by atoms with E-state index in [9.17, 15) is 0 Å². The molecule has 3 rings (SSSR count). The number of hydrogen-bond acceptors (Lipinski definition) is 3. The van der Waals surface area contributed by atoms with Gasteiger partial charge in [0.25, 0.3) is 0 Å². The molecule has 0 saturated heterocycles. The number of hydrogen-bond donors (Lipinski definition) is 1. The number of fused-ring (bicyclic) bond motifs is 1. The third kappa shape index (κ3) is 2.93. The zero-order valence-corrected chi connectivity index (χ0v) is 12.5. The van der Waals surface area contributed by atoms with E-state index in [1.165, 1.54) is 30.4 Å². The van der Waals surface area contributed by atoms with E-state index in [1.807, 2.05) is 0 Å². The van der Waals surface area contributed by atoms with Crippen molar-refractivity contribution in [2.45, 2.75) is 52.1 Å². The van der Waals surface area contributed by atoms with Crippen LogP contribution in [0.25, 0.3) is 11.5 Å². The van der Waals surface area contributed by atoms with Crippen molar-refractivity contribution in [3.63, 3.8) is 0 Å². The highest BCUT2D eigenvalue weighted by molar-refractivity contribution is 5.56. The van der Waals surface area contributed by atoms with E-state index in [-0.39, 0.29) is 5.54 Å². The molecule has 1 aliphatic carbocycles. The molecule has 2 aromatic rings. The molecule has 3 heteroatoms. The van der Waals surface area contributed by atoms with Crippen LogP contribution < -0.4 is 5.32 Å². The Balaban J connectivity index is 1.76. The third-order valence-electron chi connectivity index (χ3n) is 3.70. The highest BCUT2D eigenvalue weighted by Crippen LogP contribution is 2.27. The average molecular weight is 270 g/mol. The lowest BCUT2D eigenvalue weighted by Crippen LogP contribution is -2.35. The first-order chi connectivity index (χ1) is 9.51. The number of oxazole rings is 1. The minimum atomic E-state index is 0.0900. The summed E-state index contributed by atoms with van der Waals surface area (Å²) in [4.78, 5) is 4.58. The SMILES string of the molecule is CC(C)(C)NCc1coc(-c2ccc3c(c2)CCC3)n1. The van der Waals surface area contributed by atoms with Crippen LogP contribution in [0.4, 0.5) is 0 Å². The van der Waals surface area contributed by atoms with Crippen LogP contribution in [0.2, 0.25) is 0 Å². The first-order valence-corrected chi connectivity index (χ1v) is 7.33. The Labute approximate surface area is 120 Å². The van der Waals surface area contributed by atoms with Gasteiger partial charge in [-0.3, -0.25) is 0 Å². The molecule has 0 unspecified atom stereocenters. The molecular weight excluding hydrogens is 248 g/mol. The van der Waals surface area contributed by atoms with Gasteiger partial charge >= 0.3 is 0 Å². The summed E-state index contributed by atoms with van der Waals surface area (Å²) in [7, 11) is 0. The summed E-state index contributed by atoms with van der Waals surface area (Å²) in [5, 5.41) is 3.42. The molecule has 0 amide bonds. The average Bonchev–Trinajstić information content (AvgIpc) is 3.03. The maximum absolute atomic E-state index is 5.62. The van der Waals surface area contributed by atoms with Gasteiger partial charge in [0.2, 0.25) is 5.89 Å². The Morgan fingerprint density at radius 1 is 1.20 bits per heavy atom. The fraction of sp³-hybridized carbons (Fsp3) is 0.471. The number of nitrogens with zero attached hydrogens (tertiary/aromatic N) is 1. The van der Waals surface area contributed by atoms with E-state index >= 15 is 0 Å². The van der Waals surface area contributed by atoms with E-state index in [0.29, 0.717) is 0 Å². The minimum absolute atomic E-state index is 0.0900. The Bertz CT molecular complexity index is 608. The van der Waals surface area contributed by atoms with Crippen LogP contribution in [-0.4, -0.2) is 10.5 Å². The molecular formula is C17H22N2O. The highest BCUT2D eigenvalue weighted by Gasteiger charge is 2.15. The van der Waals surface area contributed by atoms with Gasteiger partial charge in [-0.15, -0.1) is 0 Å². The molecule has 1 aliphatic rings. The van der Waals surface area contributed by atoms with Gasteiger partial charge in [-0.25, -0.2) is 4.98 Å². The van der Waals surface area contributed by atoms with Crippen molar-refractivity contribution in [3.8, 4) is 11.5 Å². The van der Waals surface area contributed by atoms with Crippen molar-refractivity contribution in [2.24, 2.45) is 0 Å². The number of aromatic nitrogens is 1. The molecule has 0 fully saturated rings. The zero-order chi connectivity index (χ0) is 14.2. The van der Waals surface area contributed by atoms with Gasteiger partial charge in [-0.1, -0.05) is 6.07 Å². The molecule has 0 bridgehead atoms. The normalized spacial score (nSPS) is 14.6. The third-order valence-corrected chi connectivity index (χ3v) is 3.70. The van der Waals surface area contributed by atoms with Crippen molar-refractivity contribution in [3.05, 3.63) is 41.3 Å². The van der Waals surface area contributed by atoms with E-state index < -0.39 is 0 Å². The molecule has 1 aromatic heterocycles. The second-order valence-electron chi connectivity index (χ2n) is 6.58. The summed E-state index contributed by atoms with van der Waals surface area (Å²) < 4.78 is 5.62. The smallest absolute Gasteiger partial charge is 0.226 e. The molecule has 0 atom stereocenters. The van der Waals surface area contributed by atoms with E-state index in [4.69, 9.17) is 4.42 Å². The quantitative estimate of drug-likeness (QED) is 0.923. The maximum Gasteiger partial charge on any atom is 0.226 e. The Kier molecular flexibility index (Phi) is 3.38. The van der Waals surface area contributed by atoms with Crippen molar-refractivity contribution >= 4 is 0 Å². The van der Waals surface area contributed by atoms with Crippen LogP contribution >= 0.6 is 0 Å². The largest absolute Gasteiger partial charge is 0.444 e. The van der Waals surface area contributed by atoms with Gasteiger partial charge in [-0.05, 0) is 63.3 Å². The predicted molar refractivity (Wildman–Crippen MR) is 80.6 cm³/mol. The topological polar surface area (TPSA) is 38.1 Å². The molecule has 106 valence electrons. The van der Waals surface area contributed by atoms with Gasteiger partial charge in [-0.2, -0.15) is 0 Å². The van der Waals surface area contributed by atoms with Gasteiger partial charge in [0.1, 0.15) is 6.26 Å². The summed E-state index contributed by atoms with van der Waals surface area (Å²) in [6, 6.07) is 6.57. The van der Waals surface area contributed by atoms with Crippen LogP contribution in [0.5, 0.6) is 0 Å². The van der Waals surface area contributed by atoms with Gasteiger partial charge in [0.05, 0.1) is 5.69 Å². The Morgan fingerprint density at radius 2 is 2.00 bits per heavy atom.